The number of nitrogens with one attached hydrogen (secondary N) is 4. The minimum absolute atomic E-state index is 0.123. The summed E-state index contributed by atoms with van der Waals surface area (Å²) in [5.41, 5.74) is 18.0. The summed E-state index contributed by atoms with van der Waals surface area (Å²) in [6.45, 7) is 7.92. The van der Waals surface area contributed by atoms with Crippen molar-refractivity contribution < 1.29 is 19.5 Å². The van der Waals surface area contributed by atoms with E-state index in [4.69, 9.17) is 11.5 Å². The molecule has 4 aromatic heterocycles. The average Bonchev–Trinajstić information content (AvgIpc) is 3.92. The third-order valence-corrected chi connectivity index (χ3v) is 9.33. The molecule has 0 aliphatic heterocycles. The van der Waals surface area contributed by atoms with Crippen molar-refractivity contribution in [2.75, 3.05) is 30.8 Å². The van der Waals surface area contributed by atoms with Crippen LogP contribution in [0.15, 0.2) is 42.5 Å². The van der Waals surface area contributed by atoms with E-state index in [0.29, 0.717) is 89.6 Å². The normalized spacial score (nSPS) is 12.0. The Bertz CT molecular complexity index is 2300. The van der Waals surface area contributed by atoms with E-state index in [-0.39, 0.29) is 17.8 Å². The van der Waals surface area contributed by atoms with Gasteiger partial charge in [0.05, 0.1) is 39.1 Å². The molecule has 0 fully saturated rings. The highest BCUT2D eigenvalue weighted by atomic mass is 16.3. The quantitative estimate of drug-likeness (QED) is 0.0528. The van der Waals surface area contributed by atoms with E-state index in [1.807, 2.05) is 20.8 Å². The fourth-order valence-electron chi connectivity index (χ4n) is 6.58. The maximum absolute atomic E-state index is 13.4. The van der Waals surface area contributed by atoms with Gasteiger partial charge < -0.3 is 36.8 Å². The van der Waals surface area contributed by atoms with Crippen LogP contribution < -0.4 is 22.1 Å². The van der Waals surface area contributed by atoms with Crippen LogP contribution in [-0.2, 0) is 19.5 Å². The first-order valence-corrected chi connectivity index (χ1v) is 18.1. The first-order valence-electron chi connectivity index (χ1n) is 18.1. The van der Waals surface area contributed by atoms with Gasteiger partial charge in [-0.15, -0.1) is 0 Å². The zero-order valence-corrected chi connectivity index (χ0v) is 30.9. The first kappa shape index (κ1) is 37.7. The highest BCUT2D eigenvalue weighted by molar-refractivity contribution is 6.03. The molecule has 6 aromatic rings. The zero-order valence-electron chi connectivity index (χ0n) is 30.9. The smallest absolute Gasteiger partial charge is 0.276 e. The van der Waals surface area contributed by atoms with Gasteiger partial charge in [-0.3, -0.25) is 29.1 Å². The van der Waals surface area contributed by atoms with Gasteiger partial charge in [-0.1, -0.05) is 6.42 Å². The molecule has 9 N–H and O–H groups in total. The fourth-order valence-corrected chi connectivity index (χ4v) is 6.58. The van der Waals surface area contributed by atoms with Crippen molar-refractivity contribution in [2.45, 2.75) is 72.2 Å². The number of hydrogen-bond donors (Lipinski definition) is 7. The molecular weight excluding hydrogens is 690 g/mol. The maximum atomic E-state index is 13.4. The number of unbranched alkanes of at least 4 members (excludes halogenated alkanes) is 2. The zero-order chi connectivity index (χ0) is 38.5. The van der Waals surface area contributed by atoms with Gasteiger partial charge >= 0.3 is 0 Å². The van der Waals surface area contributed by atoms with E-state index in [1.165, 1.54) is 0 Å². The largest absolute Gasteiger partial charge is 0.368 e. The number of benzene rings is 2. The fraction of sp³-hybridized carbons (Fsp3) is 0.378. The van der Waals surface area contributed by atoms with E-state index in [0.717, 1.165) is 36.2 Å². The Labute approximate surface area is 311 Å². The van der Waals surface area contributed by atoms with Gasteiger partial charge in [0.1, 0.15) is 5.69 Å². The second kappa shape index (κ2) is 16.3. The number of rotatable bonds is 17. The van der Waals surface area contributed by atoms with Crippen LogP contribution in [0.2, 0.25) is 0 Å². The molecule has 0 aliphatic carbocycles. The number of anilines is 2. The number of fused-ring (bicyclic) bond motifs is 2. The Balaban J connectivity index is 1.05. The molecule has 17 heteroatoms. The van der Waals surface area contributed by atoms with E-state index in [2.05, 4.69) is 40.8 Å². The molecule has 0 saturated carbocycles. The van der Waals surface area contributed by atoms with Crippen molar-refractivity contribution >= 4 is 51.7 Å². The Kier molecular flexibility index (Phi) is 11.4. The molecule has 17 nitrogen and oxygen atoms in total. The van der Waals surface area contributed by atoms with Gasteiger partial charge in [-0.25, -0.2) is 9.97 Å². The number of amides is 3. The number of nitrogens with zero attached hydrogens (tertiary/aromatic N) is 7. The number of aliphatic hydroxyl groups excluding tert-OH is 1. The van der Waals surface area contributed by atoms with E-state index >= 15 is 0 Å². The minimum Gasteiger partial charge on any atom is -0.368 e. The van der Waals surface area contributed by atoms with Gasteiger partial charge in [-0.2, -0.15) is 10.2 Å². The summed E-state index contributed by atoms with van der Waals surface area (Å²) in [6.07, 6.45) is 2.75. The number of aromatic amines is 2. The van der Waals surface area contributed by atoms with Crippen LogP contribution in [0, 0.1) is 13.8 Å². The third kappa shape index (κ3) is 8.26. The lowest BCUT2D eigenvalue weighted by molar-refractivity contribution is 0.0794. The number of carbonyl (C=O) groups excluding carboxylic acids is 3. The van der Waals surface area contributed by atoms with Gasteiger partial charge in [0, 0.05) is 43.4 Å². The van der Waals surface area contributed by atoms with Crippen LogP contribution in [0.3, 0.4) is 0 Å². The van der Waals surface area contributed by atoms with Crippen LogP contribution in [0.5, 0.6) is 0 Å². The molecule has 0 radical (unpaired) electrons. The number of H-pyrrole nitrogens is 2. The Morgan fingerprint density at radius 3 is 2.30 bits per heavy atom. The molecule has 0 bridgehead atoms. The number of imidazole rings is 2. The van der Waals surface area contributed by atoms with Crippen LogP contribution in [0.25, 0.3) is 22.1 Å². The van der Waals surface area contributed by atoms with Gasteiger partial charge in [0.25, 0.3) is 11.8 Å². The average molecular weight is 738 g/mol. The Morgan fingerprint density at radius 1 is 0.907 bits per heavy atom. The Hall–Kier alpha value is -6.07. The third-order valence-electron chi connectivity index (χ3n) is 9.33. The number of aliphatic hydroxyl groups is 1. The Morgan fingerprint density at radius 2 is 1.59 bits per heavy atom. The van der Waals surface area contributed by atoms with Gasteiger partial charge in [-0.05, 0) is 95.5 Å². The molecule has 0 saturated heterocycles. The minimum atomic E-state index is -1.09. The number of nitrogens with two attached hydrogens (primary N) is 2. The summed E-state index contributed by atoms with van der Waals surface area (Å²) in [7, 11) is 1.74. The SMILES string of the molecule is CCn1nc(C)c(CCCCCn2nc(C)cc2C(=O)Nc2nc3cc(C(=O)N(C)CCCN)ccc3[nH]2)c1C(O)Nc1nc2cc(C(N)=O)ccc2[nH]1. The first-order chi connectivity index (χ1) is 25.9. The summed E-state index contributed by atoms with van der Waals surface area (Å²) in [5, 5.41) is 26.5. The van der Waals surface area contributed by atoms with E-state index < -0.39 is 12.1 Å². The molecule has 4 heterocycles. The predicted octanol–water partition coefficient (Wildman–Crippen LogP) is 3.76. The van der Waals surface area contributed by atoms with Gasteiger partial charge in [0.15, 0.2) is 6.23 Å². The van der Waals surface area contributed by atoms with E-state index in [9.17, 15) is 19.5 Å². The number of aromatic nitrogens is 8. The lowest BCUT2D eigenvalue weighted by atomic mass is 10.0. The van der Waals surface area contributed by atoms with Crippen molar-refractivity contribution in [3.05, 3.63) is 81.9 Å². The summed E-state index contributed by atoms with van der Waals surface area (Å²) in [5.74, 6) is -0.389. The molecule has 3 amide bonds. The molecule has 0 aliphatic rings. The molecule has 0 spiro atoms. The van der Waals surface area contributed by atoms with Gasteiger partial charge in [0.2, 0.25) is 17.8 Å². The summed E-state index contributed by atoms with van der Waals surface area (Å²) in [6, 6.07) is 11.9. The van der Waals surface area contributed by atoms with Crippen LogP contribution in [0.4, 0.5) is 11.9 Å². The van der Waals surface area contributed by atoms with Crippen molar-refractivity contribution in [3.63, 3.8) is 0 Å². The highest BCUT2D eigenvalue weighted by Gasteiger charge is 2.23. The summed E-state index contributed by atoms with van der Waals surface area (Å²) < 4.78 is 3.50. The number of primary amides is 1. The van der Waals surface area contributed by atoms with E-state index in [1.54, 1.807) is 63.8 Å². The molecule has 6 rings (SSSR count). The summed E-state index contributed by atoms with van der Waals surface area (Å²) >= 11 is 0. The van der Waals surface area contributed by atoms with Crippen molar-refractivity contribution in [3.8, 4) is 0 Å². The number of hydrogen-bond acceptors (Lipinski definition) is 10. The lowest BCUT2D eigenvalue weighted by Crippen LogP contribution is -2.28. The second-order valence-electron chi connectivity index (χ2n) is 13.3. The van der Waals surface area contributed by atoms with Crippen LogP contribution in [0.1, 0.15) is 92.7 Å². The second-order valence-corrected chi connectivity index (χ2v) is 13.3. The molecule has 1 unspecified atom stereocenters. The maximum Gasteiger partial charge on any atom is 0.276 e. The monoisotopic (exact) mass is 737 g/mol. The highest BCUT2D eigenvalue weighted by Crippen LogP contribution is 2.26. The van der Waals surface area contributed by atoms with Crippen molar-refractivity contribution in [2.24, 2.45) is 11.5 Å². The predicted molar refractivity (Wildman–Crippen MR) is 205 cm³/mol. The number of carbonyl (C=O) groups is 3. The lowest BCUT2D eigenvalue weighted by Gasteiger charge is -2.16. The van der Waals surface area contributed by atoms with Crippen molar-refractivity contribution in [1.82, 2.24) is 44.4 Å². The molecule has 284 valence electrons. The van der Waals surface area contributed by atoms with Crippen molar-refractivity contribution in [1.29, 1.82) is 0 Å². The van der Waals surface area contributed by atoms with Crippen LogP contribution >= 0.6 is 0 Å². The number of aryl methyl sites for hydroxylation is 4. The molecule has 54 heavy (non-hydrogen) atoms. The van der Waals surface area contributed by atoms with Crippen LogP contribution in [-0.4, -0.2) is 87.4 Å². The summed E-state index contributed by atoms with van der Waals surface area (Å²) in [4.78, 5) is 54.7. The standard InChI is InChI=1S/C37H47N13O4/c1-5-49-31(34(53)45-37-41-26-13-11-23(32(39)51)19-28(26)42-37)25(22(3)47-49)10-7-6-8-17-50-30(18-21(2)46-50)33(52)44-36-40-27-14-12-24(20-29(27)43-36)35(54)48(4)16-9-15-38/h11-14,18-20,34,53H,5-10,15-17,38H2,1-4H3,(H2,39,51)(H2,41,42,45)(H2,40,43,44,52). The topological polar surface area (TPSA) is 244 Å². The molecular formula is C37H47N13O4. The molecule has 2 aromatic carbocycles. The molecule has 1 atom stereocenters.